The molecule has 0 bridgehead atoms. The molecule has 13 nitrogen and oxygen atoms in total. The predicted octanol–water partition coefficient (Wildman–Crippen LogP) is 1.56. The minimum absolute atomic E-state index is 0.0273. The van der Waals surface area contributed by atoms with Crippen LogP contribution in [0.15, 0.2) is 47.8 Å². The number of carbonyl (C=O) groups is 1. The number of nitrogens with one attached hydrogen (secondary N) is 2. The van der Waals surface area contributed by atoms with Crippen LogP contribution >= 0.6 is 0 Å². The molecule has 4 heterocycles. The Morgan fingerprint density at radius 1 is 1.10 bits per heavy atom. The SMILES string of the molecule is O=C(CN1c2nc(NC3CCOCC3)ncc2C=CC1O)Nc1ccc(S(=O)(=O)n2cnc(C3CC3)n2)cc1. The Labute approximate surface area is 225 Å². The van der Waals surface area contributed by atoms with Crippen LogP contribution in [0.5, 0.6) is 0 Å². The first-order valence-electron chi connectivity index (χ1n) is 12.8. The van der Waals surface area contributed by atoms with E-state index in [9.17, 15) is 18.3 Å². The van der Waals surface area contributed by atoms with Crippen molar-refractivity contribution in [1.82, 2.24) is 24.1 Å². The molecular weight excluding hydrogens is 524 g/mol. The molecule has 0 spiro atoms. The molecule has 3 aliphatic rings. The van der Waals surface area contributed by atoms with Gasteiger partial charge in [-0.3, -0.25) is 4.79 Å². The second-order valence-electron chi connectivity index (χ2n) is 9.73. The second kappa shape index (κ2) is 10.4. The van der Waals surface area contributed by atoms with Crippen molar-refractivity contribution >= 4 is 39.5 Å². The van der Waals surface area contributed by atoms with Gasteiger partial charge in [-0.1, -0.05) is 0 Å². The third-order valence-corrected chi connectivity index (χ3v) is 8.35. The molecule has 0 radical (unpaired) electrons. The monoisotopic (exact) mass is 552 g/mol. The zero-order valence-corrected chi connectivity index (χ0v) is 21.8. The van der Waals surface area contributed by atoms with E-state index >= 15 is 0 Å². The van der Waals surface area contributed by atoms with Crippen molar-refractivity contribution in [2.45, 2.75) is 48.8 Å². The summed E-state index contributed by atoms with van der Waals surface area (Å²) in [5, 5.41) is 20.8. The highest BCUT2D eigenvalue weighted by atomic mass is 32.2. The summed E-state index contributed by atoms with van der Waals surface area (Å²) < 4.78 is 32.1. The summed E-state index contributed by atoms with van der Waals surface area (Å²) in [6.07, 6.45) is 8.71. The van der Waals surface area contributed by atoms with Gasteiger partial charge in [0.2, 0.25) is 11.9 Å². The zero-order valence-electron chi connectivity index (χ0n) is 21.0. The molecule has 1 saturated heterocycles. The average molecular weight is 553 g/mol. The lowest BCUT2D eigenvalue weighted by atomic mass is 10.1. The molecule has 2 aliphatic heterocycles. The fourth-order valence-corrected chi connectivity index (χ4v) is 5.55. The first-order valence-corrected chi connectivity index (χ1v) is 14.2. The van der Waals surface area contributed by atoms with Crippen LogP contribution in [0, 0.1) is 0 Å². The largest absolute Gasteiger partial charge is 0.381 e. The van der Waals surface area contributed by atoms with Gasteiger partial charge in [0.1, 0.15) is 24.9 Å². The van der Waals surface area contributed by atoms with E-state index in [0.717, 1.165) is 29.8 Å². The van der Waals surface area contributed by atoms with Crippen molar-refractivity contribution < 1.29 is 23.1 Å². The standard InChI is InChI=1S/C25H28N8O5S/c34-21(28-18-4-6-20(7-5-18)39(36,37)33-15-27-23(31-33)16-1-2-16)14-32-22(35)8-3-17-13-26-25(30-24(17)32)29-19-9-11-38-12-10-19/h3-8,13,15-16,19,22,35H,1-2,9-12,14H2,(H,28,34)(H,26,29,30). The van der Waals surface area contributed by atoms with Gasteiger partial charge in [0, 0.05) is 42.6 Å². The van der Waals surface area contributed by atoms with Crippen LogP contribution in [0.2, 0.25) is 0 Å². The van der Waals surface area contributed by atoms with Gasteiger partial charge in [0.05, 0.1) is 4.90 Å². The fraction of sp³-hybridized carbons (Fsp3) is 0.400. The Bertz CT molecular complexity index is 1500. The lowest BCUT2D eigenvalue weighted by molar-refractivity contribution is -0.115. The minimum atomic E-state index is -3.89. The number of hydrogen-bond acceptors (Lipinski definition) is 11. The third-order valence-electron chi connectivity index (χ3n) is 6.82. The van der Waals surface area contributed by atoms with E-state index in [0.29, 0.717) is 42.1 Å². The molecule has 14 heteroatoms. The summed E-state index contributed by atoms with van der Waals surface area (Å²) in [4.78, 5) is 27.5. The number of fused-ring (bicyclic) bond motifs is 1. The summed E-state index contributed by atoms with van der Waals surface area (Å²) in [6.45, 7) is 1.16. The van der Waals surface area contributed by atoms with Crippen molar-refractivity contribution in [3.8, 4) is 0 Å². The van der Waals surface area contributed by atoms with Crippen LogP contribution in [-0.2, 0) is 19.6 Å². The van der Waals surface area contributed by atoms with E-state index in [4.69, 9.17) is 4.74 Å². The van der Waals surface area contributed by atoms with Gasteiger partial charge in [0.25, 0.3) is 10.0 Å². The molecule has 3 N–H and O–H groups in total. The Balaban J connectivity index is 1.12. The Hall–Kier alpha value is -3.88. The molecule has 2 aromatic heterocycles. The van der Waals surface area contributed by atoms with E-state index in [2.05, 4.69) is 30.7 Å². The normalized spacial score (nSPS) is 19.5. The van der Waals surface area contributed by atoms with Gasteiger partial charge in [0.15, 0.2) is 5.82 Å². The van der Waals surface area contributed by atoms with E-state index < -0.39 is 22.2 Å². The molecule has 3 aromatic rings. The average Bonchev–Trinajstić information content (AvgIpc) is 3.66. The molecule has 1 atom stereocenters. The Kier molecular flexibility index (Phi) is 6.74. The quantitative estimate of drug-likeness (QED) is 0.371. The first-order chi connectivity index (χ1) is 18.9. The predicted molar refractivity (Wildman–Crippen MR) is 142 cm³/mol. The van der Waals surface area contributed by atoms with E-state index in [1.807, 2.05) is 0 Å². The van der Waals surface area contributed by atoms with Gasteiger partial charge in [-0.25, -0.2) is 9.97 Å². The number of carbonyl (C=O) groups excluding carboxylic acids is 1. The summed E-state index contributed by atoms with van der Waals surface area (Å²) in [5.74, 6) is 1.22. The minimum Gasteiger partial charge on any atom is -0.381 e. The van der Waals surface area contributed by atoms with Gasteiger partial charge in [-0.2, -0.15) is 13.4 Å². The molecule has 6 rings (SSSR count). The maximum atomic E-state index is 12.9. The van der Waals surface area contributed by atoms with Crippen molar-refractivity contribution in [2.24, 2.45) is 0 Å². The van der Waals surface area contributed by atoms with E-state index in [-0.39, 0.29) is 23.4 Å². The summed E-state index contributed by atoms with van der Waals surface area (Å²) >= 11 is 0. The highest BCUT2D eigenvalue weighted by Crippen LogP contribution is 2.38. The molecule has 1 aromatic carbocycles. The third kappa shape index (κ3) is 5.48. The van der Waals surface area contributed by atoms with Gasteiger partial charge in [-0.05, 0) is 62.1 Å². The van der Waals surface area contributed by atoms with Crippen molar-refractivity contribution in [2.75, 3.05) is 35.3 Å². The highest BCUT2D eigenvalue weighted by molar-refractivity contribution is 7.89. The molecule has 204 valence electrons. The molecule has 1 amide bonds. The van der Waals surface area contributed by atoms with Gasteiger partial charge in [-0.15, -0.1) is 9.19 Å². The number of benzene rings is 1. The number of amides is 1. The topological polar surface area (TPSA) is 164 Å². The van der Waals surface area contributed by atoms with Crippen molar-refractivity contribution in [1.29, 1.82) is 0 Å². The number of aliphatic hydroxyl groups is 1. The molecule has 1 saturated carbocycles. The maximum Gasteiger partial charge on any atom is 0.284 e. The summed E-state index contributed by atoms with van der Waals surface area (Å²) in [5.41, 5.74) is 1.08. The van der Waals surface area contributed by atoms with E-state index in [1.165, 1.54) is 35.5 Å². The summed E-state index contributed by atoms with van der Waals surface area (Å²) in [7, 11) is -3.89. The molecule has 39 heavy (non-hydrogen) atoms. The van der Waals surface area contributed by atoms with Gasteiger partial charge < -0.3 is 25.4 Å². The number of aliphatic hydroxyl groups excluding tert-OH is 1. The molecule has 1 unspecified atom stereocenters. The molecule has 2 fully saturated rings. The van der Waals surface area contributed by atoms with Crippen LogP contribution < -0.4 is 15.5 Å². The molecular formula is C25H28N8O5S. The van der Waals surface area contributed by atoms with Crippen LogP contribution in [0.3, 0.4) is 0 Å². The number of aromatic nitrogens is 5. The Morgan fingerprint density at radius 2 is 1.87 bits per heavy atom. The second-order valence-corrected chi connectivity index (χ2v) is 11.5. The van der Waals surface area contributed by atoms with Crippen LogP contribution in [0.4, 0.5) is 17.5 Å². The zero-order chi connectivity index (χ0) is 27.0. The number of anilines is 3. The Morgan fingerprint density at radius 3 is 2.62 bits per heavy atom. The smallest absolute Gasteiger partial charge is 0.284 e. The molecule has 1 aliphatic carbocycles. The number of hydrogen-bond donors (Lipinski definition) is 3. The van der Waals surface area contributed by atoms with Crippen molar-refractivity contribution in [3.05, 3.63) is 54.3 Å². The number of rotatable bonds is 8. The van der Waals surface area contributed by atoms with Crippen LogP contribution in [0.25, 0.3) is 6.08 Å². The fourth-order valence-electron chi connectivity index (χ4n) is 4.49. The number of ether oxygens (including phenoxy) is 1. The van der Waals surface area contributed by atoms with Crippen LogP contribution in [-0.4, -0.2) is 75.6 Å². The summed E-state index contributed by atoms with van der Waals surface area (Å²) in [6, 6.07) is 6.00. The van der Waals surface area contributed by atoms with E-state index in [1.54, 1.807) is 18.3 Å². The maximum absolute atomic E-state index is 12.9. The first kappa shape index (κ1) is 25.4. The lowest BCUT2D eigenvalue weighted by Gasteiger charge is -2.31. The van der Waals surface area contributed by atoms with Crippen molar-refractivity contribution in [3.63, 3.8) is 0 Å². The van der Waals surface area contributed by atoms with Gasteiger partial charge >= 0.3 is 0 Å². The number of nitrogens with zero attached hydrogens (tertiary/aromatic N) is 6. The lowest BCUT2D eigenvalue weighted by Crippen LogP contribution is -2.42. The highest BCUT2D eigenvalue weighted by Gasteiger charge is 2.30. The van der Waals surface area contributed by atoms with Crippen LogP contribution in [0.1, 0.15) is 43.0 Å².